The van der Waals surface area contributed by atoms with Crippen LogP contribution in [0.15, 0.2) is 6.07 Å². The van der Waals surface area contributed by atoms with E-state index in [1.165, 1.54) is 13.2 Å². The molecule has 1 rings (SSSR count). The zero-order valence-electron chi connectivity index (χ0n) is 9.82. The van der Waals surface area contributed by atoms with Crippen LogP contribution in [-0.4, -0.2) is 29.5 Å². The smallest absolute Gasteiger partial charge is 0.481 e. The number of aromatic nitrogens is 1. The Balaban J connectivity index is 3.32. The highest BCUT2D eigenvalue weighted by Gasteiger charge is 2.34. The molecule has 0 bridgehead atoms. The van der Waals surface area contributed by atoms with Gasteiger partial charge in [0.05, 0.1) is 13.5 Å². The van der Waals surface area contributed by atoms with Gasteiger partial charge in [-0.15, -0.1) is 13.2 Å². The fraction of sp³-hybridized carbons (Fsp3) is 0.400. The van der Waals surface area contributed by atoms with E-state index in [0.29, 0.717) is 0 Å². The molecule has 0 atom stereocenters. The first kappa shape index (κ1) is 15.0. The molecule has 0 saturated heterocycles. The zero-order valence-corrected chi connectivity index (χ0v) is 9.82. The zero-order chi connectivity index (χ0) is 14.6. The minimum Gasteiger partial charge on any atom is -0.481 e. The summed E-state index contributed by atoms with van der Waals surface area (Å²) >= 11 is 0. The summed E-state index contributed by atoms with van der Waals surface area (Å²) in [7, 11) is 1.21. The van der Waals surface area contributed by atoms with Crippen LogP contribution in [-0.2, 0) is 17.8 Å². The third-order valence-corrected chi connectivity index (χ3v) is 2.12. The second-order valence-corrected chi connectivity index (χ2v) is 3.43. The van der Waals surface area contributed by atoms with Gasteiger partial charge in [-0.3, -0.25) is 4.79 Å². The van der Waals surface area contributed by atoms with Crippen molar-refractivity contribution in [1.29, 1.82) is 0 Å². The van der Waals surface area contributed by atoms with Crippen LogP contribution in [0, 0.1) is 0 Å². The van der Waals surface area contributed by atoms with Gasteiger partial charge >= 0.3 is 12.3 Å². The van der Waals surface area contributed by atoms with Gasteiger partial charge in [-0.1, -0.05) is 0 Å². The van der Waals surface area contributed by atoms with Gasteiger partial charge in [0.2, 0.25) is 11.8 Å². The van der Waals surface area contributed by atoms with Crippen molar-refractivity contribution in [1.82, 2.24) is 4.98 Å². The quantitative estimate of drug-likeness (QED) is 0.838. The fourth-order valence-corrected chi connectivity index (χ4v) is 1.39. The number of hydrogen-bond donors (Lipinski definition) is 2. The lowest BCUT2D eigenvalue weighted by atomic mass is 10.1. The molecule has 3 N–H and O–H groups in total. The number of ether oxygens (including phenoxy) is 2. The van der Waals surface area contributed by atoms with Crippen molar-refractivity contribution in [3.8, 4) is 11.8 Å². The van der Waals surface area contributed by atoms with Gasteiger partial charge in [-0.2, -0.15) is 4.98 Å². The van der Waals surface area contributed by atoms with E-state index >= 15 is 0 Å². The molecule has 0 aromatic carbocycles. The van der Waals surface area contributed by atoms with E-state index in [-0.39, 0.29) is 23.6 Å². The molecule has 0 saturated carbocycles. The SMILES string of the molecule is COc1cc(CN)c(CC(=O)O)c(OC(F)(F)F)n1. The second kappa shape index (κ2) is 5.74. The van der Waals surface area contributed by atoms with Gasteiger partial charge in [-0.05, 0) is 5.56 Å². The number of carbonyl (C=O) groups is 1. The number of pyridine rings is 1. The van der Waals surface area contributed by atoms with E-state index in [0.717, 1.165) is 0 Å². The molecule has 9 heteroatoms. The van der Waals surface area contributed by atoms with Gasteiger partial charge in [0, 0.05) is 18.2 Å². The molecule has 0 aliphatic carbocycles. The Bertz CT molecular complexity index is 477. The summed E-state index contributed by atoms with van der Waals surface area (Å²) in [6.45, 7) is -0.171. The van der Waals surface area contributed by atoms with Crippen LogP contribution >= 0.6 is 0 Å². The van der Waals surface area contributed by atoms with Gasteiger partial charge in [-0.25, -0.2) is 0 Å². The Labute approximate surface area is 105 Å². The normalized spacial score (nSPS) is 11.2. The van der Waals surface area contributed by atoms with Crippen LogP contribution in [0.25, 0.3) is 0 Å². The number of rotatable bonds is 5. The van der Waals surface area contributed by atoms with Crippen molar-refractivity contribution in [2.45, 2.75) is 19.3 Å². The van der Waals surface area contributed by atoms with Crippen molar-refractivity contribution >= 4 is 5.97 Å². The Morgan fingerprint density at radius 1 is 1.53 bits per heavy atom. The molecule has 1 aromatic heterocycles. The van der Waals surface area contributed by atoms with Crippen LogP contribution in [0.2, 0.25) is 0 Å². The standard InChI is InChI=1S/C10H11F3N2O4/c1-18-7-2-5(4-14)6(3-8(16)17)9(15-7)19-10(11,12)13/h2H,3-4,14H2,1H3,(H,16,17). The van der Waals surface area contributed by atoms with Crippen molar-refractivity contribution < 1.29 is 32.5 Å². The molecule has 0 aliphatic rings. The van der Waals surface area contributed by atoms with Crippen LogP contribution in [0.1, 0.15) is 11.1 Å². The molecule has 0 radical (unpaired) electrons. The van der Waals surface area contributed by atoms with E-state index in [2.05, 4.69) is 9.72 Å². The lowest BCUT2D eigenvalue weighted by Gasteiger charge is -2.15. The third kappa shape index (κ3) is 4.28. The largest absolute Gasteiger partial charge is 0.574 e. The summed E-state index contributed by atoms with van der Waals surface area (Å²) in [5.74, 6) is -2.34. The molecule has 1 aromatic rings. The van der Waals surface area contributed by atoms with Crippen LogP contribution < -0.4 is 15.2 Å². The number of halogens is 3. The molecule has 0 amide bonds. The maximum absolute atomic E-state index is 12.2. The number of hydrogen-bond acceptors (Lipinski definition) is 5. The van der Waals surface area contributed by atoms with E-state index in [1.54, 1.807) is 0 Å². The van der Waals surface area contributed by atoms with E-state index in [9.17, 15) is 18.0 Å². The topological polar surface area (TPSA) is 94.7 Å². The second-order valence-electron chi connectivity index (χ2n) is 3.43. The molecule has 1 heterocycles. The van der Waals surface area contributed by atoms with E-state index in [1.807, 2.05) is 0 Å². The minimum atomic E-state index is -4.99. The summed E-state index contributed by atoms with van der Waals surface area (Å²) in [4.78, 5) is 14.1. The highest BCUT2D eigenvalue weighted by atomic mass is 19.4. The predicted molar refractivity (Wildman–Crippen MR) is 56.7 cm³/mol. The Kier molecular flexibility index (Phi) is 4.54. The number of alkyl halides is 3. The average Bonchev–Trinajstić information content (AvgIpc) is 2.28. The summed E-state index contributed by atoms with van der Waals surface area (Å²) in [6.07, 6.45) is -5.67. The maximum atomic E-state index is 12.2. The minimum absolute atomic E-state index is 0.145. The first-order chi connectivity index (χ1) is 8.76. The van der Waals surface area contributed by atoms with Gasteiger partial charge in [0.1, 0.15) is 0 Å². The Hall–Kier alpha value is -2.03. The third-order valence-electron chi connectivity index (χ3n) is 2.12. The molecule has 106 valence electrons. The molecule has 0 fully saturated rings. The summed E-state index contributed by atoms with van der Waals surface area (Å²) in [6, 6.07) is 1.27. The fourth-order valence-electron chi connectivity index (χ4n) is 1.39. The van der Waals surface area contributed by atoms with Crippen molar-refractivity contribution in [2.75, 3.05) is 7.11 Å². The molecular formula is C10H11F3N2O4. The van der Waals surface area contributed by atoms with Crippen LogP contribution in [0.4, 0.5) is 13.2 Å². The number of carboxylic acid groups (broad SMARTS) is 1. The van der Waals surface area contributed by atoms with Crippen molar-refractivity contribution in [2.24, 2.45) is 5.73 Å². The predicted octanol–water partition coefficient (Wildman–Crippen LogP) is 1.07. The molecule has 0 unspecified atom stereocenters. The Morgan fingerprint density at radius 2 is 2.16 bits per heavy atom. The number of methoxy groups -OCH3 is 1. The highest BCUT2D eigenvalue weighted by molar-refractivity contribution is 5.71. The van der Waals surface area contributed by atoms with E-state index < -0.39 is 24.6 Å². The van der Waals surface area contributed by atoms with Gasteiger partial charge in [0.25, 0.3) is 0 Å². The number of nitrogens with zero attached hydrogens (tertiary/aromatic N) is 1. The number of aliphatic carboxylic acids is 1. The maximum Gasteiger partial charge on any atom is 0.574 e. The van der Waals surface area contributed by atoms with Crippen molar-refractivity contribution in [3.05, 3.63) is 17.2 Å². The molecule has 19 heavy (non-hydrogen) atoms. The summed E-state index contributed by atoms with van der Waals surface area (Å²) in [5.41, 5.74) is 5.30. The first-order valence-electron chi connectivity index (χ1n) is 5.01. The lowest BCUT2D eigenvalue weighted by Crippen LogP contribution is -2.21. The molecule has 6 nitrogen and oxygen atoms in total. The highest BCUT2D eigenvalue weighted by Crippen LogP contribution is 2.30. The average molecular weight is 280 g/mol. The van der Waals surface area contributed by atoms with Gasteiger partial charge < -0.3 is 20.3 Å². The lowest BCUT2D eigenvalue weighted by molar-refractivity contribution is -0.276. The monoisotopic (exact) mass is 280 g/mol. The van der Waals surface area contributed by atoms with Crippen LogP contribution in [0.5, 0.6) is 11.8 Å². The number of nitrogens with two attached hydrogens (primary N) is 1. The first-order valence-corrected chi connectivity index (χ1v) is 5.01. The Morgan fingerprint density at radius 3 is 2.58 bits per heavy atom. The molecule has 0 spiro atoms. The number of carboxylic acids is 1. The van der Waals surface area contributed by atoms with Crippen molar-refractivity contribution in [3.63, 3.8) is 0 Å². The van der Waals surface area contributed by atoms with Gasteiger partial charge in [0.15, 0.2) is 0 Å². The summed E-state index contributed by atoms with van der Waals surface area (Å²) < 4.78 is 45.2. The molecular weight excluding hydrogens is 269 g/mol. The van der Waals surface area contributed by atoms with Crippen LogP contribution in [0.3, 0.4) is 0 Å². The summed E-state index contributed by atoms with van der Waals surface area (Å²) in [5, 5.41) is 8.70. The van der Waals surface area contributed by atoms with E-state index in [4.69, 9.17) is 15.6 Å². The molecule has 0 aliphatic heterocycles.